The maximum atomic E-state index is 5.77. The molecular weight excluding hydrogens is 282 g/mol. The molecule has 1 heterocycles. The first-order valence-corrected chi connectivity index (χ1v) is 8.06. The van der Waals surface area contributed by atoms with E-state index in [0.29, 0.717) is 6.54 Å². The summed E-state index contributed by atoms with van der Waals surface area (Å²) >= 11 is 1.72. The minimum Gasteiger partial charge on any atom is -0.494 e. The van der Waals surface area contributed by atoms with E-state index in [2.05, 4.69) is 23.9 Å². The van der Waals surface area contributed by atoms with Gasteiger partial charge in [-0.05, 0) is 38.1 Å². The van der Waals surface area contributed by atoms with Crippen molar-refractivity contribution >= 4 is 11.3 Å². The van der Waals surface area contributed by atoms with Crippen LogP contribution in [0.25, 0.3) is 0 Å². The topological polar surface area (TPSA) is 51.4 Å². The Balaban J connectivity index is 1.68. The fourth-order valence-electron chi connectivity index (χ4n) is 2.09. The predicted octanol–water partition coefficient (Wildman–Crippen LogP) is 2.81. The second kappa shape index (κ2) is 8.12. The highest BCUT2D eigenvalue weighted by Gasteiger charge is 2.05. The van der Waals surface area contributed by atoms with Crippen molar-refractivity contribution in [3.8, 4) is 5.75 Å². The van der Waals surface area contributed by atoms with Crippen LogP contribution in [-0.4, -0.2) is 30.1 Å². The molecule has 0 radical (unpaired) electrons. The number of benzene rings is 1. The predicted molar refractivity (Wildman–Crippen MR) is 87.6 cm³/mol. The van der Waals surface area contributed by atoms with Crippen LogP contribution >= 0.6 is 11.3 Å². The molecule has 0 saturated heterocycles. The third kappa shape index (κ3) is 5.12. The van der Waals surface area contributed by atoms with Gasteiger partial charge < -0.3 is 15.4 Å². The fourth-order valence-corrected chi connectivity index (χ4v) is 2.95. The highest BCUT2D eigenvalue weighted by molar-refractivity contribution is 7.09. The highest BCUT2D eigenvalue weighted by atomic mass is 32.1. The summed E-state index contributed by atoms with van der Waals surface area (Å²) < 4.78 is 5.77. The quantitative estimate of drug-likeness (QED) is 0.762. The molecule has 0 aliphatic rings. The summed E-state index contributed by atoms with van der Waals surface area (Å²) in [5, 5.41) is 0. The number of aryl methyl sites for hydroxylation is 1. The van der Waals surface area contributed by atoms with Gasteiger partial charge in [0.2, 0.25) is 0 Å². The molecule has 0 bridgehead atoms. The van der Waals surface area contributed by atoms with E-state index in [0.717, 1.165) is 43.1 Å². The van der Waals surface area contributed by atoms with Crippen LogP contribution in [0.1, 0.15) is 22.6 Å². The third-order valence-electron chi connectivity index (χ3n) is 3.35. The second-order valence-electron chi connectivity index (χ2n) is 5.15. The van der Waals surface area contributed by atoms with Crippen molar-refractivity contribution in [3.05, 3.63) is 45.9 Å². The van der Waals surface area contributed by atoms with Crippen LogP contribution in [0.4, 0.5) is 0 Å². The number of thiazole rings is 1. The van der Waals surface area contributed by atoms with Gasteiger partial charge in [0.1, 0.15) is 5.75 Å². The molecule has 5 heteroatoms. The summed E-state index contributed by atoms with van der Waals surface area (Å²) in [4.78, 5) is 7.93. The molecule has 1 aromatic carbocycles. The van der Waals surface area contributed by atoms with Crippen molar-refractivity contribution in [2.75, 3.05) is 20.2 Å². The molecule has 0 atom stereocenters. The van der Waals surface area contributed by atoms with Crippen molar-refractivity contribution < 1.29 is 4.74 Å². The average Bonchev–Trinajstić information content (AvgIpc) is 2.89. The normalized spacial score (nSPS) is 11.0. The summed E-state index contributed by atoms with van der Waals surface area (Å²) in [7, 11) is 2.13. The Hall–Kier alpha value is -1.43. The molecule has 0 aliphatic carbocycles. The molecule has 1 aromatic heterocycles. The average molecular weight is 305 g/mol. The number of nitrogens with two attached hydrogens (primary N) is 1. The van der Waals surface area contributed by atoms with Crippen molar-refractivity contribution in [2.24, 2.45) is 5.73 Å². The molecule has 0 amide bonds. The van der Waals surface area contributed by atoms with Gasteiger partial charge >= 0.3 is 0 Å². The zero-order chi connectivity index (χ0) is 15.1. The van der Waals surface area contributed by atoms with Gasteiger partial charge in [-0.15, -0.1) is 11.3 Å². The van der Waals surface area contributed by atoms with Crippen LogP contribution in [0.5, 0.6) is 5.75 Å². The summed E-state index contributed by atoms with van der Waals surface area (Å²) in [6.45, 7) is 5.30. The summed E-state index contributed by atoms with van der Waals surface area (Å²) in [6, 6.07) is 7.97. The summed E-state index contributed by atoms with van der Waals surface area (Å²) in [5.41, 5.74) is 9.77. The molecule has 114 valence electrons. The molecular formula is C16H23N3OS. The minimum atomic E-state index is 0.550. The summed E-state index contributed by atoms with van der Waals surface area (Å²) in [6.07, 6.45) is 1.00. The van der Waals surface area contributed by atoms with E-state index in [4.69, 9.17) is 10.5 Å². The molecule has 0 unspecified atom stereocenters. The van der Waals surface area contributed by atoms with Crippen molar-refractivity contribution in [1.29, 1.82) is 0 Å². The van der Waals surface area contributed by atoms with E-state index in [1.807, 2.05) is 29.8 Å². The van der Waals surface area contributed by atoms with E-state index >= 15 is 0 Å². The fraction of sp³-hybridized carbons (Fsp3) is 0.438. The third-order valence-corrected chi connectivity index (χ3v) is 4.27. The molecule has 0 saturated carbocycles. The first kappa shape index (κ1) is 15.9. The first-order valence-electron chi connectivity index (χ1n) is 7.18. The first-order chi connectivity index (χ1) is 10.2. The highest BCUT2D eigenvalue weighted by Crippen LogP contribution is 2.15. The van der Waals surface area contributed by atoms with E-state index in [-0.39, 0.29) is 0 Å². The molecule has 21 heavy (non-hydrogen) atoms. The van der Waals surface area contributed by atoms with Crippen LogP contribution in [0.2, 0.25) is 0 Å². The monoisotopic (exact) mass is 305 g/mol. The van der Waals surface area contributed by atoms with E-state index < -0.39 is 0 Å². The van der Waals surface area contributed by atoms with Crippen molar-refractivity contribution in [3.63, 3.8) is 0 Å². The van der Waals surface area contributed by atoms with Crippen LogP contribution < -0.4 is 10.5 Å². The smallest absolute Gasteiger partial charge is 0.119 e. The Morgan fingerprint density at radius 1 is 1.38 bits per heavy atom. The van der Waals surface area contributed by atoms with E-state index in [9.17, 15) is 0 Å². The Kier molecular flexibility index (Phi) is 6.17. The Morgan fingerprint density at radius 3 is 2.95 bits per heavy atom. The number of ether oxygens (including phenoxy) is 1. The lowest BCUT2D eigenvalue weighted by Gasteiger charge is -2.16. The van der Waals surface area contributed by atoms with Gasteiger partial charge in [-0.3, -0.25) is 0 Å². The molecule has 2 rings (SSSR count). The maximum Gasteiger partial charge on any atom is 0.119 e. The van der Waals surface area contributed by atoms with Crippen LogP contribution in [0.15, 0.2) is 29.8 Å². The zero-order valence-corrected chi connectivity index (χ0v) is 13.5. The molecule has 2 N–H and O–H groups in total. The van der Waals surface area contributed by atoms with Gasteiger partial charge in [0.25, 0.3) is 0 Å². The van der Waals surface area contributed by atoms with E-state index in [1.165, 1.54) is 4.88 Å². The zero-order valence-electron chi connectivity index (χ0n) is 12.7. The van der Waals surface area contributed by atoms with Gasteiger partial charge in [-0.25, -0.2) is 4.98 Å². The van der Waals surface area contributed by atoms with Gasteiger partial charge in [-0.2, -0.15) is 0 Å². The Bertz CT molecular complexity index is 556. The van der Waals surface area contributed by atoms with Crippen molar-refractivity contribution in [2.45, 2.75) is 26.4 Å². The summed E-state index contributed by atoms with van der Waals surface area (Å²) in [5.74, 6) is 0.902. The van der Waals surface area contributed by atoms with Gasteiger partial charge in [0.05, 0.1) is 17.8 Å². The number of hydrogen-bond donors (Lipinski definition) is 1. The van der Waals surface area contributed by atoms with Crippen LogP contribution in [0, 0.1) is 6.92 Å². The number of aromatic nitrogens is 1. The van der Waals surface area contributed by atoms with Crippen LogP contribution in [0.3, 0.4) is 0 Å². The molecule has 4 nitrogen and oxygen atoms in total. The largest absolute Gasteiger partial charge is 0.494 e. The van der Waals surface area contributed by atoms with E-state index in [1.54, 1.807) is 11.3 Å². The maximum absolute atomic E-state index is 5.77. The molecule has 0 fully saturated rings. The molecule has 0 spiro atoms. The number of hydrogen-bond acceptors (Lipinski definition) is 5. The van der Waals surface area contributed by atoms with Crippen molar-refractivity contribution in [1.82, 2.24) is 9.88 Å². The standard InChI is InChI=1S/C16H23N3OS/c1-13-16(21-12-18-13)11-19(2)7-4-8-20-15-6-3-5-14(9-15)10-17/h3,5-6,9,12H,4,7-8,10-11,17H2,1-2H3. The minimum absolute atomic E-state index is 0.550. The Morgan fingerprint density at radius 2 is 2.24 bits per heavy atom. The van der Waals surface area contributed by atoms with Crippen LogP contribution in [-0.2, 0) is 13.1 Å². The number of rotatable bonds is 8. The second-order valence-corrected chi connectivity index (χ2v) is 6.09. The van der Waals surface area contributed by atoms with Gasteiger partial charge in [0.15, 0.2) is 0 Å². The number of nitrogens with zero attached hydrogens (tertiary/aromatic N) is 2. The lowest BCUT2D eigenvalue weighted by molar-refractivity contribution is 0.259. The molecule has 2 aromatic rings. The van der Waals surface area contributed by atoms with Gasteiger partial charge in [0, 0.05) is 24.5 Å². The SMILES string of the molecule is Cc1ncsc1CN(C)CCCOc1cccc(CN)c1. The lowest BCUT2D eigenvalue weighted by Crippen LogP contribution is -2.20. The van der Waals surface area contributed by atoms with Gasteiger partial charge in [-0.1, -0.05) is 12.1 Å². The lowest BCUT2D eigenvalue weighted by atomic mass is 10.2. The molecule has 0 aliphatic heterocycles. The Labute approximate surface area is 130 Å².